The molecule has 0 saturated carbocycles. The van der Waals surface area contributed by atoms with Gasteiger partial charge in [0.05, 0.1) is 19.3 Å². The van der Waals surface area contributed by atoms with E-state index in [9.17, 15) is 5.11 Å². The Kier molecular flexibility index (Phi) is 6.27. The largest absolute Gasteiger partial charge is 0.508 e. The highest BCUT2D eigenvalue weighted by Crippen LogP contribution is 2.31. The van der Waals surface area contributed by atoms with Crippen molar-refractivity contribution in [3.05, 3.63) is 46.7 Å². The van der Waals surface area contributed by atoms with Crippen molar-refractivity contribution in [1.29, 1.82) is 0 Å². The van der Waals surface area contributed by atoms with Crippen LogP contribution in [0.3, 0.4) is 0 Å². The molecular formula is C22H32N4O2. The average molecular weight is 385 g/mol. The number of benzene rings is 1. The predicted molar refractivity (Wildman–Crippen MR) is 112 cm³/mol. The molecule has 0 bridgehead atoms. The molecule has 1 aliphatic carbocycles. The Morgan fingerprint density at radius 3 is 2.71 bits per heavy atom. The minimum atomic E-state index is -0.0617. The van der Waals surface area contributed by atoms with Gasteiger partial charge in [-0.05, 0) is 49.8 Å². The molecule has 3 rings (SSSR count). The molecule has 0 radical (unpaired) electrons. The zero-order valence-electron chi connectivity index (χ0n) is 17.4. The lowest BCUT2D eigenvalue weighted by atomic mass is 9.88. The summed E-state index contributed by atoms with van der Waals surface area (Å²) >= 11 is 0. The van der Waals surface area contributed by atoms with Crippen molar-refractivity contribution >= 4 is 5.96 Å². The molecule has 0 unspecified atom stereocenters. The van der Waals surface area contributed by atoms with E-state index in [2.05, 4.69) is 47.4 Å². The Hall–Kier alpha value is -2.50. The Bertz CT molecular complexity index is 834. The molecule has 0 amide bonds. The van der Waals surface area contributed by atoms with Crippen LogP contribution in [0.25, 0.3) is 0 Å². The number of rotatable bonds is 5. The average Bonchev–Trinajstić information content (AvgIpc) is 3.14. The molecule has 28 heavy (non-hydrogen) atoms. The van der Waals surface area contributed by atoms with Gasteiger partial charge in [0.15, 0.2) is 5.96 Å². The molecule has 1 aliphatic rings. The summed E-state index contributed by atoms with van der Waals surface area (Å²) in [5.41, 5.74) is 3.50. The Labute approximate surface area is 167 Å². The fourth-order valence-electron chi connectivity index (χ4n) is 3.47. The molecule has 0 saturated heterocycles. The van der Waals surface area contributed by atoms with E-state index >= 15 is 0 Å². The first-order chi connectivity index (χ1) is 13.4. The molecule has 0 fully saturated rings. The molecule has 1 aromatic heterocycles. The zero-order valence-corrected chi connectivity index (χ0v) is 17.4. The number of fused-ring (bicyclic) bond motifs is 1. The second-order valence-electron chi connectivity index (χ2n) is 8.32. The molecule has 152 valence electrons. The Morgan fingerprint density at radius 1 is 1.21 bits per heavy atom. The lowest BCUT2D eigenvalue weighted by Crippen LogP contribution is -2.36. The molecule has 2 aromatic rings. The van der Waals surface area contributed by atoms with Crippen LogP contribution in [0, 0.1) is 0 Å². The van der Waals surface area contributed by atoms with E-state index < -0.39 is 0 Å². The number of aromatic nitrogens is 1. The van der Waals surface area contributed by atoms with E-state index in [1.54, 1.807) is 12.3 Å². The number of guanidine groups is 1. The third kappa shape index (κ3) is 4.86. The van der Waals surface area contributed by atoms with Gasteiger partial charge in [-0.3, -0.25) is 0 Å². The summed E-state index contributed by atoms with van der Waals surface area (Å²) in [6.45, 7) is 9.99. The van der Waals surface area contributed by atoms with Crippen molar-refractivity contribution in [2.75, 3.05) is 6.54 Å². The van der Waals surface area contributed by atoms with Crippen LogP contribution in [0.4, 0.5) is 0 Å². The van der Waals surface area contributed by atoms with Crippen LogP contribution in [0.5, 0.6) is 5.75 Å². The number of hydrogen-bond acceptors (Lipinski definition) is 4. The van der Waals surface area contributed by atoms with Gasteiger partial charge in [-0.15, -0.1) is 0 Å². The van der Waals surface area contributed by atoms with Crippen LogP contribution >= 0.6 is 0 Å². The first-order valence-corrected chi connectivity index (χ1v) is 10.2. The molecule has 0 atom stereocenters. The van der Waals surface area contributed by atoms with Gasteiger partial charge in [-0.2, -0.15) is 0 Å². The maximum atomic E-state index is 10.4. The lowest BCUT2D eigenvalue weighted by molar-refractivity contribution is 0.379. The van der Waals surface area contributed by atoms with E-state index in [0.717, 1.165) is 30.7 Å². The monoisotopic (exact) mass is 384 g/mol. The quantitative estimate of drug-likeness (QED) is 0.539. The van der Waals surface area contributed by atoms with Crippen molar-refractivity contribution in [2.24, 2.45) is 4.99 Å². The number of phenols is 1. The van der Waals surface area contributed by atoms with Crippen LogP contribution < -0.4 is 10.6 Å². The van der Waals surface area contributed by atoms with E-state index in [1.807, 2.05) is 6.92 Å². The molecule has 0 spiro atoms. The fourth-order valence-corrected chi connectivity index (χ4v) is 3.47. The minimum Gasteiger partial charge on any atom is -0.508 e. The number of hydrogen-bond donors (Lipinski definition) is 3. The Morgan fingerprint density at radius 2 is 2.00 bits per heavy atom. The lowest BCUT2D eigenvalue weighted by Gasteiger charge is -2.20. The molecule has 0 aliphatic heterocycles. The van der Waals surface area contributed by atoms with Gasteiger partial charge < -0.3 is 20.2 Å². The van der Waals surface area contributed by atoms with Crippen molar-refractivity contribution in [3.8, 4) is 5.75 Å². The SMILES string of the molecule is CCNC(=NCc1c(O)ccc2c1CCCC2)NCc1ncc(C(C)(C)C)o1. The molecule has 6 nitrogen and oxygen atoms in total. The number of oxazole rings is 1. The summed E-state index contributed by atoms with van der Waals surface area (Å²) < 4.78 is 5.84. The maximum Gasteiger partial charge on any atom is 0.213 e. The highest BCUT2D eigenvalue weighted by atomic mass is 16.4. The van der Waals surface area contributed by atoms with E-state index in [0.29, 0.717) is 30.7 Å². The minimum absolute atomic E-state index is 0.0617. The van der Waals surface area contributed by atoms with Crippen LogP contribution in [0.15, 0.2) is 27.7 Å². The second-order valence-corrected chi connectivity index (χ2v) is 8.32. The molecule has 3 N–H and O–H groups in total. The zero-order chi connectivity index (χ0) is 20.1. The molecule has 1 aromatic carbocycles. The molecule has 1 heterocycles. The maximum absolute atomic E-state index is 10.4. The van der Waals surface area contributed by atoms with Gasteiger partial charge in [0.1, 0.15) is 11.5 Å². The van der Waals surface area contributed by atoms with Gasteiger partial charge in [0, 0.05) is 17.5 Å². The van der Waals surface area contributed by atoms with Crippen LogP contribution in [-0.2, 0) is 31.3 Å². The molecular weight excluding hydrogens is 352 g/mol. The van der Waals surface area contributed by atoms with Crippen LogP contribution in [0.2, 0.25) is 0 Å². The van der Waals surface area contributed by atoms with Gasteiger partial charge in [0.2, 0.25) is 5.89 Å². The van der Waals surface area contributed by atoms with Crippen molar-refractivity contribution < 1.29 is 9.52 Å². The highest BCUT2D eigenvalue weighted by molar-refractivity contribution is 5.79. The predicted octanol–water partition coefficient (Wildman–Crippen LogP) is 3.81. The summed E-state index contributed by atoms with van der Waals surface area (Å²) in [6, 6.07) is 3.85. The third-order valence-corrected chi connectivity index (χ3v) is 5.07. The summed E-state index contributed by atoms with van der Waals surface area (Å²) in [4.78, 5) is 9.04. The fraction of sp³-hybridized carbons (Fsp3) is 0.545. The van der Waals surface area contributed by atoms with Crippen molar-refractivity contribution in [3.63, 3.8) is 0 Å². The van der Waals surface area contributed by atoms with E-state index in [1.165, 1.54) is 24.0 Å². The van der Waals surface area contributed by atoms with Gasteiger partial charge >= 0.3 is 0 Å². The van der Waals surface area contributed by atoms with Crippen molar-refractivity contribution in [2.45, 2.75) is 71.9 Å². The molecule has 6 heteroatoms. The number of nitrogens with zero attached hydrogens (tertiary/aromatic N) is 2. The smallest absolute Gasteiger partial charge is 0.213 e. The number of aryl methyl sites for hydroxylation is 1. The second kappa shape index (κ2) is 8.67. The van der Waals surface area contributed by atoms with Gasteiger partial charge in [-0.25, -0.2) is 9.98 Å². The number of nitrogens with one attached hydrogen (secondary N) is 2. The normalized spacial score (nSPS) is 14.6. The van der Waals surface area contributed by atoms with Gasteiger partial charge in [0.25, 0.3) is 0 Å². The summed E-state index contributed by atoms with van der Waals surface area (Å²) in [5.74, 6) is 2.52. The van der Waals surface area contributed by atoms with Gasteiger partial charge in [-0.1, -0.05) is 26.8 Å². The summed E-state index contributed by atoms with van der Waals surface area (Å²) in [5, 5.41) is 16.9. The van der Waals surface area contributed by atoms with E-state index in [4.69, 9.17) is 4.42 Å². The number of aliphatic imine (C=N–C) groups is 1. The summed E-state index contributed by atoms with van der Waals surface area (Å²) in [7, 11) is 0. The number of phenolic OH excluding ortho intramolecular Hbond substituents is 1. The summed E-state index contributed by atoms with van der Waals surface area (Å²) in [6.07, 6.45) is 6.29. The first-order valence-electron chi connectivity index (χ1n) is 10.2. The number of aromatic hydroxyl groups is 1. The van der Waals surface area contributed by atoms with Crippen molar-refractivity contribution in [1.82, 2.24) is 15.6 Å². The topological polar surface area (TPSA) is 82.7 Å². The van der Waals surface area contributed by atoms with Crippen LogP contribution in [-0.4, -0.2) is 22.6 Å². The standard InChI is InChI=1S/C22H32N4O2/c1-5-23-21(26-14-20-24-13-19(28-20)22(2,3)4)25-12-17-16-9-7-6-8-15(16)10-11-18(17)27/h10-11,13,27H,5-9,12,14H2,1-4H3,(H2,23,25,26). The first kappa shape index (κ1) is 20.2. The van der Waals surface area contributed by atoms with E-state index in [-0.39, 0.29) is 5.41 Å². The van der Waals surface area contributed by atoms with Crippen LogP contribution in [0.1, 0.15) is 68.9 Å². The third-order valence-electron chi connectivity index (χ3n) is 5.07. The Balaban J connectivity index is 1.71. The highest BCUT2D eigenvalue weighted by Gasteiger charge is 2.19.